The average molecular weight is 466 g/mol. The molecule has 0 unspecified atom stereocenters. The minimum atomic E-state index is 0. The molecule has 2 aromatic heterocycles. The fourth-order valence-electron chi connectivity index (χ4n) is 2.86. The van der Waals surface area contributed by atoms with Gasteiger partial charge in [-0.15, -0.1) is 24.8 Å². The van der Waals surface area contributed by atoms with Crippen LogP contribution in [0.5, 0.6) is 0 Å². The second kappa shape index (κ2) is 10.9. The largest absolute Gasteiger partial charge is 0.367 e. The third-order valence-electron chi connectivity index (χ3n) is 4.41. The van der Waals surface area contributed by atoms with E-state index in [1.165, 1.54) is 5.56 Å². The van der Waals surface area contributed by atoms with Gasteiger partial charge >= 0.3 is 0 Å². The van der Waals surface area contributed by atoms with Crippen molar-refractivity contribution < 1.29 is 0 Å². The molecule has 0 saturated heterocycles. The normalized spacial score (nSPS) is 10.1. The Morgan fingerprint density at radius 2 is 1.17 bits per heavy atom. The molecule has 4 N–H and O–H groups in total. The summed E-state index contributed by atoms with van der Waals surface area (Å²) >= 11 is 5.93. The van der Waals surface area contributed by atoms with Crippen LogP contribution in [-0.4, -0.2) is 33.5 Å². The summed E-state index contributed by atoms with van der Waals surface area (Å²) in [5, 5.41) is 22.0. The maximum Gasteiger partial charge on any atom is 0.148 e. The van der Waals surface area contributed by atoms with Crippen LogP contribution < -0.4 is 10.6 Å². The number of rotatable bonds is 7. The van der Waals surface area contributed by atoms with Gasteiger partial charge in [0.1, 0.15) is 11.6 Å². The Kier molecular flexibility index (Phi) is 8.59. The highest BCUT2D eigenvalue weighted by Gasteiger charge is 2.05. The van der Waals surface area contributed by atoms with Crippen molar-refractivity contribution in [3.05, 3.63) is 71.2 Å². The zero-order chi connectivity index (χ0) is 19.3. The molecule has 0 fully saturated rings. The standard InChI is InChI=1S/C21H21ClN6.2ClH/c1-14-2-4-15(5-3-14)18-12-20(27-25-18)23-10-11-24-21-13-19(26-28-21)16-6-8-17(22)9-7-16;;/h2-9,12-13H,10-11H2,1H3,(H2,23,25,27)(H2,24,26,28);2*1H. The number of benzene rings is 2. The molecule has 0 spiro atoms. The molecule has 4 aromatic rings. The molecule has 2 aromatic carbocycles. The van der Waals surface area contributed by atoms with E-state index in [0.717, 1.165) is 52.3 Å². The molecule has 2 heterocycles. The van der Waals surface area contributed by atoms with Crippen LogP contribution in [0.25, 0.3) is 22.5 Å². The second-order valence-electron chi connectivity index (χ2n) is 6.56. The molecule has 0 bridgehead atoms. The summed E-state index contributed by atoms with van der Waals surface area (Å²) in [4.78, 5) is 0. The summed E-state index contributed by atoms with van der Waals surface area (Å²) in [6.07, 6.45) is 0. The molecule has 0 atom stereocenters. The van der Waals surface area contributed by atoms with Gasteiger partial charge in [0.15, 0.2) is 0 Å². The van der Waals surface area contributed by atoms with Gasteiger partial charge in [-0.05, 0) is 30.2 Å². The number of aromatic amines is 2. The highest BCUT2D eigenvalue weighted by Crippen LogP contribution is 2.22. The highest BCUT2D eigenvalue weighted by atomic mass is 35.5. The average Bonchev–Trinajstić information content (AvgIpc) is 3.36. The van der Waals surface area contributed by atoms with Crippen LogP contribution in [0.15, 0.2) is 60.7 Å². The lowest BCUT2D eigenvalue weighted by atomic mass is 10.1. The molecule has 0 aliphatic rings. The van der Waals surface area contributed by atoms with Crippen molar-refractivity contribution in [1.82, 2.24) is 20.4 Å². The fraction of sp³-hybridized carbons (Fsp3) is 0.143. The smallest absolute Gasteiger partial charge is 0.148 e. The van der Waals surface area contributed by atoms with Gasteiger partial charge in [-0.1, -0.05) is 53.6 Å². The number of aryl methyl sites for hydroxylation is 1. The molecular weight excluding hydrogens is 443 g/mol. The first kappa shape index (κ1) is 23.6. The van der Waals surface area contributed by atoms with E-state index in [1.54, 1.807) is 0 Å². The van der Waals surface area contributed by atoms with Gasteiger partial charge in [-0.3, -0.25) is 10.2 Å². The van der Waals surface area contributed by atoms with Gasteiger partial charge in [0.25, 0.3) is 0 Å². The second-order valence-corrected chi connectivity index (χ2v) is 7.00. The van der Waals surface area contributed by atoms with E-state index in [9.17, 15) is 0 Å². The molecule has 4 rings (SSSR count). The molecule has 30 heavy (non-hydrogen) atoms. The lowest BCUT2D eigenvalue weighted by Crippen LogP contribution is -2.13. The first-order chi connectivity index (χ1) is 13.7. The number of H-pyrrole nitrogens is 2. The zero-order valence-corrected chi connectivity index (χ0v) is 18.7. The van der Waals surface area contributed by atoms with E-state index < -0.39 is 0 Å². The summed E-state index contributed by atoms with van der Waals surface area (Å²) in [6, 6.07) is 20.0. The van der Waals surface area contributed by atoms with Gasteiger partial charge in [0, 0.05) is 30.2 Å². The van der Waals surface area contributed by atoms with Crippen molar-refractivity contribution in [1.29, 1.82) is 0 Å². The number of halogens is 3. The minimum Gasteiger partial charge on any atom is -0.367 e. The van der Waals surface area contributed by atoms with E-state index in [0.29, 0.717) is 0 Å². The predicted molar refractivity (Wildman–Crippen MR) is 129 cm³/mol. The summed E-state index contributed by atoms with van der Waals surface area (Å²) in [7, 11) is 0. The van der Waals surface area contributed by atoms with Crippen molar-refractivity contribution in [3.8, 4) is 22.5 Å². The monoisotopic (exact) mass is 464 g/mol. The van der Waals surface area contributed by atoms with Crippen LogP contribution in [0.2, 0.25) is 5.02 Å². The summed E-state index contributed by atoms with van der Waals surface area (Å²) in [5.41, 5.74) is 5.35. The number of nitrogens with zero attached hydrogens (tertiary/aromatic N) is 2. The van der Waals surface area contributed by atoms with Gasteiger partial charge in [0.05, 0.1) is 11.4 Å². The topological polar surface area (TPSA) is 81.4 Å². The van der Waals surface area contributed by atoms with Crippen molar-refractivity contribution in [3.63, 3.8) is 0 Å². The van der Waals surface area contributed by atoms with Crippen LogP contribution in [0.3, 0.4) is 0 Å². The summed E-state index contributed by atoms with van der Waals surface area (Å²) in [6.45, 7) is 3.52. The fourth-order valence-corrected chi connectivity index (χ4v) is 2.99. The lowest BCUT2D eigenvalue weighted by Gasteiger charge is -2.03. The van der Waals surface area contributed by atoms with E-state index >= 15 is 0 Å². The Hall–Kier alpha value is -2.67. The van der Waals surface area contributed by atoms with E-state index in [1.807, 2.05) is 36.4 Å². The Morgan fingerprint density at radius 1 is 0.733 bits per heavy atom. The minimum absolute atomic E-state index is 0. The van der Waals surface area contributed by atoms with Gasteiger partial charge < -0.3 is 10.6 Å². The first-order valence-corrected chi connectivity index (χ1v) is 9.47. The van der Waals surface area contributed by atoms with Crippen LogP contribution in [0.4, 0.5) is 11.6 Å². The van der Waals surface area contributed by atoms with E-state index in [2.05, 4.69) is 62.2 Å². The maximum absolute atomic E-state index is 5.93. The maximum atomic E-state index is 5.93. The lowest BCUT2D eigenvalue weighted by molar-refractivity contribution is 1.01. The van der Waals surface area contributed by atoms with Crippen LogP contribution in [0, 0.1) is 6.92 Å². The molecular formula is C21H23Cl3N6. The Balaban J connectivity index is 0.00000160. The van der Waals surface area contributed by atoms with Crippen molar-refractivity contribution in [2.24, 2.45) is 0 Å². The predicted octanol–water partition coefficient (Wildman–Crippen LogP) is 5.80. The number of hydrogen-bond acceptors (Lipinski definition) is 4. The van der Waals surface area contributed by atoms with Crippen molar-refractivity contribution in [2.45, 2.75) is 6.92 Å². The molecule has 0 radical (unpaired) electrons. The molecule has 158 valence electrons. The Bertz CT molecular complexity index is 956. The molecule has 9 heteroatoms. The van der Waals surface area contributed by atoms with Crippen molar-refractivity contribution >= 4 is 48.1 Å². The number of hydrogen-bond donors (Lipinski definition) is 4. The highest BCUT2D eigenvalue weighted by molar-refractivity contribution is 6.30. The first-order valence-electron chi connectivity index (χ1n) is 9.09. The SMILES string of the molecule is Cc1ccc(-c2cc(NCCNc3cc(-c4ccc(Cl)cc4)[nH]n3)n[nH]2)cc1.Cl.Cl. The third kappa shape index (κ3) is 5.92. The molecule has 0 aliphatic heterocycles. The molecule has 6 nitrogen and oxygen atoms in total. The number of aromatic nitrogens is 4. The Morgan fingerprint density at radius 3 is 1.63 bits per heavy atom. The van der Waals surface area contributed by atoms with E-state index in [4.69, 9.17) is 11.6 Å². The third-order valence-corrected chi connectivity index (χ3v) is 4.66. The van der Waals surface area contributed by atoms with Crippen molar-refractivity contribution in [2.75, 3.05) is 23.7 Å². The molecule has 0 amide bonds. The van der Waals surface area contributed by atoms with Gasteiger partial charge in [-0.25, -0.2) is 0 Å². The number of nitrogens with one attached hydrogen (secondary N) is 4. The Labute approximate surface area is 192 Å². The quantitative estimate of drug-likeness (QED) is 0.260. The number of anilines is 2. The van der Waals surface area contributed by atoms with Gasteiger partial charge in [-0.2, -0.15) is 10.2 Å². The molecule has 0 aliphatic carbocycles. The van der Waals surface area contributed by atoms with Crippen LogP contribution >= 0.6 is 36.4 Å². The van der Waals surface area contributed by atoms with Crippen LogP contribution in [0.1, 0.15) is 5.56 Å². The van der Waals surface area contributed by atoms with Crippen LogP contribution in [-0.2, 0) is 0 Å². The zero-order valence-electron chi connectivity index (χ0n) is 16.3. The van der Waals surface area contributed by atoms with Gasteiger partial charge in [0.2, 0.25) is 0 Å². The summed E-state index contributed by atoms with van der Waals surface area (Å²) in [5.74, 6) is 1.62. The summed E-state index contributed by atoms with van der Waals surface area (Å²) < 4.78 is 0. The van der Waals surface area contributed by atoms with E-state index in [-0.39, 0.29) is 24.8 Å². The molecule has 0 saturated carbocycles.